The van der Waals surface area contributed by atoms with Crippen LogP contribution in [-0.4, -0.2) is 75.1 Å². The number of carbonyl (C=O) groups is 2. The summed E-state index contributed by atoms with van der Waals surface area (Å²) in [4.78, 5) is 49.3. The first-order valence-electron chi connectivity index (χ1n) is 25.1. The van der Waals surface area contributed by atoms with E-state index in [0.717, 1.165) is 101 Å². The minimum Gasteiger partial charge on any atom is -0.493 e. The highest BCUT2D eigenvalue weighted by Gasteiger charge is 2.30. The van der Waals surface area contributed by atoms with Crippen LogP contribution >= 0.6 is 11.6 Å². The van der Waals surface area contributed by atoms with Crippen LogP contribution in [0.4, 0.5) is 9.59 Å². The number of nitrogens with zero attached hydrogens (tertiary/aromatic N) is 4. The fraction of sp³-hybridized carbons (Fsp3) is 0.429. The Kier molecular flexibility index (Phi) is 20.3. The van der Waals surface area contributed by atoms with Gasteiger partial charge in [-0.25, -0.2) is 19.0 Å². The van der Waals surface area contributed by atoms with Gasteiger partial charge in [0.25, 0.3) is 11.1 Å². The van der Waals surface area contributed by atoms with Gasteiger partial charge >= 0.3 is 11.6 Å². The molecule has 6 aromatic rings. The molecule has 15 heteroatoms. The molecule has 380 valence electrons. The van der Waals surface area contributed by atoms with Gasteiger partial charge in [0.15, 0.2) is 0 Å². The van der Waals surface area contributed by atoms with Crippen molar-refractivity contribution in [2.45, 2.75) is 119 Å². The lowest BCUT2D eigenvalue weighted by atomic mass is 9.89. The molecule has 4 aromatic carbocycles. The number of hydrogen-bond donors (Lipinski definition) is 1. The summed E-state index contributed by atoms with van der Waals surface area (Å²) in [6.45, 7) is 16.9. The highest BCUT2D eigenvalue weighted by molar-refractivity contribution is 6.61. The van der Waals surface area contributed by atoms with Crippen LogP contribution in [0.15, 0.2) is 94.5 Å². The van der Waals surface area contributed by atoms with Crippen molar-refractivity contribution in [2.24, 2.45) is 0 Å². The molecule has 4 heterocycles. The lowest BCUT2D eigenvalue weighted by Crippen LogP contribution is -2.28. The van der Waals surface area contributed by atoms with Gasteiger partial charge in [0.1, 0.15) is 24.3 Å². The average molecular weight is 994 g/mol. The number of benzene rings is 4. The van der Waals surface area contributed by atoms with Crippen molar-refractivity contribution < 1.29 is 38.4 Å². The molecule has 1 N–H and O–H groups in total. The molecule has 14 nitrogen and oxygen atoms in total. The van der Waals surface area contributed by atoms with Gasteiger partial charge in [0.2, 0.25) is 11.8 Å². The minimum atomic E-state index is -0.825. The van der Waals surface area contributed by atoms with Gasteiger partial charge in [-0.2, -0.15) is 0 Å². The molecule has 8 rings (SSSR count). The van der Waals surface area contributed by atoms with Crippen molar-refractivity contribution in [3.8, 4) is 56.3 Å². The molecule has 0 amide bonds. The molecule has 0 saturated carbocycles. The number of aryl methyl sites for hydroxylation is 4. The van der Waals surface area contributed by atoms with Gasteiger partial charge in [0, 0.05) is 51.0 Å². The first-order chi connectivity index (χ1) is 34.5. The molecule has 0 saturated heterocycles. The molecule has 0 aliphatic carbocycles. The molecule has 0 fully saturated rings. The summed E-state index contributed by atoms with van der Waals surface area (Å²) in [5.41, 5.74) is 10.7. The van der Waals surface area contributed by atoms with Crippen LogP contribution in [0.5, 0.6) is 11.8 Å². The molecule has 0 spiro atoms. The number of aromatic nitrogens is 4. The first kappa shape index (κ1) is 54.0. The molecule has 0 bridgehead atoms. The van der Waals surface area contributed by atoms with E-state index < -0.39 is 11.6 Å². The number of fused-ring (bicyclic) bond motifs is 2. The second-order valence-electron chi connectivity index (χ2n) is 17.1. The minimum absolute atomic E-state index is 0.0657. The van der Waals surface area contributed by atoms with E-state index in [9.17, 15) is 24.3 Å². The van der Waals surface area contributed by atoms with Crippen LogP contribution in [0.2, 0.25) is 0 Å². The zero-order chi connectivity index (χ0) is 50.9. The van der Waals surface area contributed by atoms with E-state index in [-0.39, 0.29) is 36.1 Å². The molecule has 0 unspecified atom stereocenters. The van der Waals surface area contributed by atoms with Crippen LogP contribution < -0.4 is 15.9 Å². The van der Waals surface area contributed by atoms with Gasteiger partial charge in [0.05, 0.1) is 13.2 Å². The summed E-state index contributed by atoms with van der Waals surface area (Å²) in [6.07, 6.45) is 6.09. The van der Waals surface area contributed by atoms with E-state index in [4.69, 9.17) is 30.5 Å². The molecule has 2 aromatic heterocycles. The predicted molar refractivity (Wildman–Crippen MR) is 279 cm³/mol. The standard InChI is InChI=1S/C28H34N2O5.C23H26N2O2.C5H9ClO3/c1-4-20-18-23(22-12-8-7-9-13-22)19-21(5-2)24(20)25-26(31)29-14-10-11-15-30(29)27(25)35-28(32)34-17-16-33-6-3;1-3-16-14-19(18-10-6-5-7-11-18)15-17(4-2)20(16)21-22(26)24-12-8-9-13-25(24)23(21)27;1-2-8-3-4-9-5(6)7/h7-9,12-13,18-19H,4-6,10-11,14-17H2,1-3H3;5-7,10-11,14-15,26H,3-4,8-9,12-13H2,1-2H3;2-4H2,1H3. The molecule has 71 heavy (non-hydrogen) atoms. The number of halogens is 1. The summed E-state index contributed by atoms with van der Waals surface area (Å²) >= 11 is 4.84. The fourth-order valence-electron chi connectivity index (χ4n) is 9.27. The van der Waals surface area contributed by atoms with Gasteiger partial charge < -0.3 is 28.8 Å². The Balaban J connectivity index is 0.000000203. The summed E-state index contributed by atoms with van der Waals surface area (Å²) in [5, 5.41) is 10.9. The Labute approximate surface area is 421 Å². The first-order valence-corrected chi connectivity index (χ1v) is 25.5. The van der Waals surface area contributed by atoms with Crippen molar-refractivity contribution in [3.63, 3.8) is 0 Å². The van der Waals surface area contributed by atoms with E-state index in [1.165, 1.54) is 5.56 Å². The van der Waals surface area contributed by atoms with E-state index in [0.29, 0.717) is 63.7 Å². The lowest BCUT2D eigenvalue weighted by molar-refractivity contribution is 0.0537. The predicted octanol–water partition coefficient (Wildman–Crippen LogP) is 11.5. The third-order valence-electron chi connectivity index (χ3n) is 12.7. The van der Waals surface area contributed by atoms with Gasteiger partial charge in [-0.05, 0) is 121 Å². The topological polar surface area (TPSA) is 154 Å². The Morgan fingerprint density at radius 2 is 0.901 bits per heavy atom. The Morgan fingerprint density at radius 3 is 1.32 bits per heavy atom. The van der Waals surface area contributed by atoms with Crippen LogP contribution in [0.1, 0.15) is 89.5 Å². The average Bonchev–Trinajstić information content (AvgIpc) is 3.82. The normalized spacial score (nSPS) is 12.7. The summed E-state index contributed by atoms with van der Waals surface area (Å²) in [6, 6.07) is 29.2. The van der Waals surface area contributed by atoms with Crippen molar-refractivity contribution in [1.82, 2.24) is 18.7 Å². The van der Waals surface area contributed by atoms with Crippen LogP contribution in [-0.2, 0) is 70.8 Å². The maximum absolute atomic E-state index is 13.7. The third-order valence-corrected chi connectivity index (χ3v) is 12.8. The van der Waals surface area contributed by atoms with Gasteiger partial charge in [-0.1, -0.05) is 113 Å². The quantitative estimate of drug-likeness (QED) is 0.0530. The van der Waals surface area contributed by atoms with Gasteiger partial charge in [-0.15, -0.1) is 0 Å². The monoisotopic (exact) mass is 992 g/mol. The zero-order valence-electron chi connectivity index (χ0n) is 42.1. The van der Waals surface area contributed by atoms with Crippen molar-refractivity contribution in [3.05, 3.63) is 128 Å². The Bertz CT molecular complexity index is 2780. The summed E-state index contributed by atoms with van der Waals surface area (Å²) in [5.74, 6) is 0.393. The highest BCUT2D eigenvalue weighted by atomic mass is 35.5. The molecule has 2 aliphatic rings. The molecule has 0 atom stereocenters. The maximum Gasteiger partial charge on any atom is 0.515 e. The number of aromatic hydroxyl groups is 1. The maximum atomic E-state index is 13.7. The molecular formula is C56H69ClN4O10. The second kappa shape index (κ2) is 26.7. The van der Waals surface area contributed by atoms with E-state index in [1.54, 1.807) is 18.7 Å². The number of rotatable bonds is 17. The number of hydrogen-bond acceptors (Lipinski definition) is 10. The van der Waals surface area contributed by atoms with Gasteiger partial charge in [-0.3, -0.25) is 19.0 Å². The van der Waals surface area contributed by atoms with E-state index >= 15 is 0 Å². The SMILES string of the molecule is CCOCCOC(=O)Cl.CCOCCOC(=O)Oc1c(-c2c(CC)cc(-c3ccccc3)cc2CC)c(=O)n2n1CCCC2.CCc1cc(-c2ccccc2)cc(CC)c1-c1c(O)n2n(c1=O)CCCC2. The summed E-state index contributed by atoms with van der Waals surface area (Å²) in [7, 11) is 0. The van der Waals surface area contributed by atoms with Crippen molar-refractivity contribution in [1.29, 1.82) is 0 Å². The zero-order valence-corrected chi connectivity index (χ0v) is 42.9. The molecule has 0 radical (unpaired) electrons. The summed E-state index contributed by atoms with van der Waals surface area (Å²) < 4.78 is 32.4. The van der Waals surface area contributed by atoms with E-state index in [1.807, 2.05) is 50.2 Å². The van der Waals surface area contributed by atoms with Crippen molar-refractivity contribution >= 4 is 23.2 Å². The van der Waals surface area contributed by atoms with Crippen LogP contribution in [0.25, 0.3) is 44.5 Å². The van der Waals surface area contributed by atoms with Crippen molar-refractivity contribution in [2.75, 3.05) is 39.6 Å². The smallest absolute Gasteiger partial charge is 0.493 e. The Morgan fingerprint density at radius 1 is 0.507 bits per heavy atom. The number of carbonyl (C=O) groups excluding carboxylic acids is 2. The largest absolute Gasteiger partial charge is 0.515 e. The van der Waals surface area contributed by atoms with E-state index in [2.05, 4.69) is 81.0 Å². The van der Waals surface area contributed by atoms with Crippen LogP contribution in [0, 0.1) is 0 Å². The second-order valence-corrected chi connectivity index (χ2v) is 17.4. The fourth-order valence-corrected chi connectivity index (χ4v) is 9.35. The molecule has 2 aliphatic heterocycles. The number of ether oxygens (including phenoxy) is 5. The molecular weight excluding hydrogens is 924 g/mol. The van der Waals surface area contributed by atoms with Crippen LogP contribution in [0.3, 0.4) is 0 Å². The Hall–Kier alpha value is -6.35. The highest BCUT2D eigenvalue weighted by Crippen LogP contribution is 2.39. The lowest BCUT2D eigenvalue weighted by Gasteiger charge is -2.19. The third kappa shape index (κ3) is 13.1.